The van der Waals surface area contributed by atoms with Gasteiger partial charge in [-0.3, -0.25) is 9.53 Å². The minimum atomic E-state index is -4.88. The number of rotatable bonds is 6. The second-order valence-electron chi connectivity index (χ2n) is 3.15. The van der Waals surface area contributed by atoms with Crippen LogP contribution in [-0.2, 0) is 19.4 Å². The lowest BCUT2D eigenvalue weighted by Crippen LogP contribution is -2.26. The van der Waals surface area contributed by atoms with Crippen LogP contribution in [0.25, 0.3) is 0 Å². The summed E-state index contributed by atoms with van der Waals surface area (Å²) in [5.74, 6) is -4.04. The zero-order valence-corrected chi connectivity index (χ0v) is 9.14. The highest BCUT2D eigenvalue weighted by atomic mass is 32.2. The van der Waals surface area contributed by atoms with Gasteiger partial charge in [0.05, 0.1) is 24.0 Å². The Hall–Kier alpha value is -0.830. The third-order valence-electron chi connectivity index (χ3n) is 1.59. The topological polar surface area (TPSA) is 80.7 Å². The summed E-state index contributed by atoms with van der Waals surface area (Å²) < 4.78 is 60.1. The van der Waals surface area contributed by atoms with E-state index in [2.05, 4.69) is 4.74 Å². The summed E-state index contributed by atoms with van der Waals surface area (Å²) in [7, 11) is -3.85. The average Bonchev–Trinajstić information content (AvgIpc) is 1.99. The lowest BCUT2D eigenvalue weighted by molar-refractivity contribution is -0.322. The molecule has 9 heteroatoms. The first-order chi connectivity index (χ1) is 7.03. The van der Waals surface area contributed by atoms with Gasteiger partial charge in [-0.15, -0.1) is 13.2 Å². The van der Waals surface area contributed by atoms with Gasteiger partial charge in [-0.1, -0.05) is 6.92 Å². The number of hydrogen-bond donors (Lipinski definition) is 1. The third kappa shape index (κ3) is 7.46. The van der Waals surface area contributed by atoms with Crippen molar-refractivity contribution in [3.05, 3.63) is 0 Å². The highest BCUT2D eigenvalue weighted by molar-refractivity contribution is 7.91. The van der Waals surface area contributed by atoms with E-state index in [-0.39, 0.29) is 0 Å². The van der Waals surface area contributed by atoms with E-state index in [4.69, 9.17) is 5.11 Å². The third-order valence-corrected chi connectivity index (χ3v) is 3.38. The summed E-state index contributed by atoms with van der Waals surface area (Å²) in [6.45, 7) is 0.128. The lowest BCUT2D eigenvalue weighted by Gasteiger charge is -2.09. The normalized spacial score (nSPS) is 14.8. The molecule has 5 nitrogen and oxygen atoms in total. The standard InChI is InChI=1S/C7H11F3O5S/c1-5(6(11)12)4-16(13,14)3-2-15-7(8,9)10/h5H,2-4H2,1H3,(H,11,12). The molecule has 0 rings (SSSR count). The van der Waals surface area contributed by atoms with Crippen LogP contribution in [-0.4, -0.2) is 44.0 Å². The van der Waals surface area contributed by atoms with E-state index in [1.165, 1.54) is 0 Å². The van der Waals surface area contributed by atoms with Crippen LogP contribution in [0, 0.1) is 5.92 Å². The number of hydrogen-bond acceptors (Lipinski definition) is 4. The minimum Gasteiger partial charge on any atom is -0.481 e. The molecule has 1 atom stereocenters. The Morgan fingerprint density at radius 1 is 1.44 bits per heavy atom. The van der Waals surface area contributed by atoms with Gasteiger partial charge < -0.3 is 5.11 Å². The first-order valence-electron chi connectivity index (χ1n) is 4.17. The van der Waals surface area contributed by atoms with E-state index in [1.54, 1.807) is 0 Å². The predicted molar refractivity (Wildman–Crippen MR) is 47.5 cm³/mol. The van der Waals surface area contributed by atoms with Crippen molar-refractivity contribution < 1.29 is 36.2 Å². The highest BCUT2D eigenvalue weighted by Gasteiger charge is 2.30. The molecule has 0 aromatic heterocycles. The van der Waals surface area contributed by atoms with Crippen LogP contribution in [0.3, 0.4) is 0 Å². The molecular formula is C7H11F3O5S. The highest BCUT2D eigenvalue weighted by Crippen LogP contribution is 2.16. The van der Waals surface area contributed by atoms with Gasteiger partial charge in [0, 0.05) is 0 Å². The van der Waals surface area contributed by atoms with Crippen molar-refractivity contribution in [1.82, 2.24) is 0 Å². The number of carboxylic acid groups (broad SMARTS) is 1. The quantitative estimate of drug-likeness (QED) is 0.762. The Labute approximate surface area is 90.1 Å². The van der Waals surface area contributed by atoms with Gasteiger partial charge in [0.2, 0.25) is 0 Å². The number of halogens is 3. The molecule has 0 aromatic carbocycles. The molecule has 96 valence electrons. The molecule has 0 saturated heterocycles. The fraction of sp³-hybridized carbons (Fsp3) is 0.857. The van der Waals surface area contributed by atoms with Gasteiger partial charge in [0.1, 0.15) is 0 Å². The van der Waals surface area contributed by atoms with Crippen LogP contribution in [0.4, 0.5) is 13.2 Å². The Morgan fingerprint density at radius 2 is 1.94 bits per heavy atom. The van der Waals surface area contributed by atoms with Crippen LogP contribution < -0.4 is 0 Å². The van der Waals surface area contributed by atoms with Crippen molar-refractivity contribution >= 4 is 15.8 Å². The molecule has 0 aliphatic carbocycles. The second kappa shape index (κ2) is 5.48. The summed E-state index contributed by atoms with van der Waals surface area (Å²) in [6.07, 6.45) is -4.88. The molecule has 1 unspecified atom stereocenters. The summed E-state index contributed by atoms with van der Waals surface area (Å²) in [5, 5.41) is 8.42. The van der Waals surface area contributed by atoms with Crippen molar-refractivity contribution in [1.29, 1.82) is 0 Å². The molecule has 0 aliphatic heterocycles. The summed E-state index contributed by atoms with van der Waals surface area (Å²) >= 11 is 0. The van der Waals surface area contributed by atoms with Gasteiger partial charge in [-0.05, 0) is 0 Å². The first-order valence-corrected chi connectivity index (χ1v) is 5.99. The maximum Gasteiger partial charge on any atom is 0.522 e. The van der Waals surface area contributed by atoms with E-state index in [0.717, 1.165) is 6.92 Å². The van der Waals surface area contributed by atoms with Crippen molar-refractivity contribution in [2.75, 3.05) is 18.1 Å². The number of carboxylic acids is 1. The Bertz CT molecular complexity index is 334. The molecule has 0 saturated carbocycles. The molecule has 0 fully saturated rings. The molecule has 0 spiro atoms. The Kier molecular flexibility index (Phi) is 5.20. The predicted octanol–water partition coefficient (Wildman–Crippen LogP) is 0.658. The molecule has 0 aromatic rings. The SMILES string of the molecule is CC(CS(=O)(=O)CCOC(F)(F)F)C(=O)O. The fourth-order valence-corrected chi connectivity index (χ4v) is 2.23. The zero-order chi connectivity index (χ0) is 13.0. The van der Waals surface area contributed by atoms with Crippen LogP contribution in [0.15, 0.2) is 0 Å². The summed E-state index contributed by atoms with van der Waals surface area (Å²) in [5.41, 5.74) is 0. The number of alkyl halides is 3. The molecule has 0 aliphatic rings. The van der Waals surface area contributed by atoms with Crippen LogP contribution in [0.2, 0.25) is 0 Å². The smallest absolute Gasteiger partial charge is 0.481 e. The first kappa shape index (κ1) is 15.2. The fourth-order valence-electron chi connectivity index (χ4n) is 0.820. The molecular weight excluding hydrogens is 253 g/mol. The van der Waals surface area contributed by atoms with Gasteiger partial charge in [0.25, 0.3) is 0 Å². The molecule has 0 amide bonds. The lowest BCUT2D eigenvalue weighted by atomic mass is 10.2. The maximum atomic E-state index is 11.5. The van der Waals surface area contributed by atoms with Crippen molar-refractivity contribution in [2.24, 2.45) is 5.92 Å². The molecule has 0 bridgehead atoms. The van der Waals surface area contributed by atoms with Gasteiger partial charge in [-0.25, -0.2) is 8.42 Å². The second-order valence-corrected chi connectivity index (χ2v) is 5.38. The van der Waals surface area contributed by atoms with E-state index in [1.807, 2.05) is 0 Å². The zero-order valence-electron chi connectivity index (χ0n) is 8.32. The van der Waals surface area contributed by atoms with Crippen LogP contribution in [0.1, 0.15) is 6.92 Å². The largest absolute Gasteiger partial charge is 0.522 e. The number of carbonyl (C=O) groups is 1. The molecule has 0 radical (unpaired) electrons. The molecule has 0 heterocycles. The Morgan fingerprint density at radius 3 is 2.31 bits per heavy atom. The van der Waals surface area contributed by atoms with Crippen LogP contribution in [0.5, 0.6) is 0 Å². The van der Waals surface area contributed by atoms with E-state index in [0.29, 0.717) is 0 Å². The van der Waals surface area contributed by atoms with Crippen molar-refractivity contribution in [3.8, 4) is 0 Å². The van der Waals surface area contributed by atoms with E-state index >= 15 is 0 Å². The number of aliphatic carboxylic acids is 1. The monoisotopic (exact) mass is 264 g/mol. The average molecular weight is 264 g/mol. The van der Waals surface area contributed by atoms with E-state index in [9.17, 15) is 26.4 Å². The van der Waals surface area contributed by atoms with Gasteiger partial charge >= 0.3 is 12.3 Å². The summed E-state index contributed by atoms with van der Waals surface area (Å²) in [6, 6.07) is 0. The van der Waals surface area contributed by atoms with Gasteiger partial charge in [0.15, 0.2) is 9.84 Å². The van der Waals surface area contributed by atoms with Crippen LogP contribution >= 0.6 is 0 Å². The summed E-state index contributed by atoms with van der Waals surface area (Å²) in [4.78, 5) is 10.3. The Balaban J connectivity index is 4.12. The van der Waals surface area contributed by atoms with Crippen molar-refractivity contribution in [3.63, 3.8) is 0 Å². The van der Waals surface area contributed by atoms with E-state index < -0.39 is 46.2 Å². The molecule has 1 N–H and O–H groups in total. The number of sulfone groups is 1. The maximum absolute atomic E-state index is 11.5. The minimum absolute atomic E-state index is 0.705. The van der Waals surface area contributed by atoms with Crippen molar-refractivity contribution in [2.45, 2.75) is 13.3 Å². The van der Waals surface area contributed by atoms with Gasteiger partial charge in [-0.2, -0.15) is 0 Å². The number of ether oxygens (including phenoxy) is 1. The molecule has 16 heavy (non-hydrogen) atoms.